The Morgan fingerprint density at radius 2 is 1.94 bits per heavy atom. The van der Waals surface area contributed by atoms with Gasteiger partial charge in [0, 0.05) is 13.2 Å². The second-order valence-electron chi connectivity index (χ2n) is 8.51. The van der Waals surface area contributed by atoms with Gasteiger partial charge in [0.2, 0.25) is 5.76 Å². The summed E-state index contributed by atoms with van der Waals surface area (Å²) in [6.45, 7) is 8.91. The summed E-state index contributed by atoms with van der Waals surface area (Å²) < 4.78 is 17.2. The first-order valence-electron chi connectivity index (χ1n) is 11.3. The summed E-state index contributed by atoms with van der Waals surface area (Å²) >= 11 is 0. The van der Waals surface area contributed by atoms with Gasteiger partial charge in [0.15, 0.2) is 16.9 Å². The van der Waals surface area contributed by atoms with Crippen molar-refractivity contribution in [2.45, 2.75) is 46.3 Å². The zero-order chi connectivity index (χ0) is 23.7. The number of carbonyl (C=O) groups excluding carboxylic acids is 1. The molecule has 1 atom stereocenters. The van der Waals surface area contributed by atoms with E-state index >= 15 is 0 Å². The van der Waals surface area contributed by atoms with E-state index in [1.165, 1.54) is 6.07 Å². The SMILES string of the molecule is CCOc1cc([C@H]2c3c(oc4ccc(C)cc4c3=O)C(=O)N2CCCOC(C)C)ccc1O. The van der Waals surface area contributed by atoms with Crippen molar-refractivity contribution < 1.29 is 23.8 Å². The minimum atomic E-state index is -0.646. The van der Waals surface area contributed by atoms with Gasteiger partial charge in [-0.05, 0) is 63.9 Å². The summed E-state index contributed by atoms with van der Waals surface area (Å²) in [6.07, 6.45) is 0.701. The standard InChI is InChI=1S/C26H29NO6/c1-5-31-21-14-17(8-9-19(21)28)23-22-24(29)18-13-16(4)7-10-20(18)33-25(22)26(30)27(23)11-6-12-32-15(2)3/h7-10,13-15,23,28H,5-6,11-12H2,1-4H3/t23-/m0/s1. The Morgan fingerprint density at radius 1 is 1.15 bits per heavy atom. The molecule has 0 unspecified atom stereocenters. The number of amides is 1. The summed E-state index contributed by atoms with van der Waals surface area (Å²) in [4.78, 5) is 28.7. The van der Waals surface area contributed by atoms with Crippen molar-refractivity contribution in [1.82, 2.24) is 4.90 Å². The molecule has 2 aromatic carbocycles. The van der Waals surface area contributed by atoms with Crippen LogP contribution in [0.25, 0.3) is 11.0 Å². The molecule has 0 saturated heterocycles. The van der Waals surface area contributed by atoms with Crippen LogP contribution < -0.4 is 10.2 Å². The zero-order valence-electron chi connectivity index (χ0n) is 19.4. The number of hydrogen-bond donors (Lipinski definition) is 1. The molecule has 0 spiro atoms. The van der Waals surface area contributed by atoms with Gasteiger partial charge in [0.05, 0.1) is 29.7 Å². The lowest BCUT2D eigenvalue weighted by Gasteiger charge is -2.25. The van der Waals surface area contributed by atoms with Crippen molar-refractivity contribution in [3.05, 3.63) is 69.1 Å². The minimum Gasteiger partial charge on any atom is -0.504 e. The molecule has 3 aromatic rings. The number of phenolic OH excluding ortho intramolecular Hbond substituents is 1. The van der Waals surface area contributed by atoms with E-state index < -0.39 is 6.04 Å². The first kappa shape index (κ1) is 22.9. The molecular weight excluding hydrogens is 422 g/mol. The number of aryl methyl sites for hydroxylation is 1. The summed E-state index contributed by atoms with van der Waals surface area (Å²) in [5, 5.41) is 10.6. The smallest absolute Gasteiger partial charge is 0.290 e. The normalized spacial score (nSPS) is 15.5. The van der Waals surface area contributed by atoms with Gasteiger partial charge in [-0.25, -0.2) is 0 Å². The van der Waals surface area contributed by atoms with E-state index in [1.807, 2.05) is 33.8 Å². The third-order valence-electron chi connectivity index (χ3n) is 5.72. The summed E-state index contributed by atoms with van der Waals surface area (Å²) in [7, 11) is 0. The van der Waals surface area contributed by atoms with E-state index in [2.05, 4.69) is 0 Å². The van der Waals surface area contributed by atoms with Crippen LogP contribution in [0.3, 0.4) is 0 Å². The van der Waals surface area contributed by atoms with Crippen LogP contribution in [0.2, 0.25) is 0 Å². The number of benzene rings is 2. The maximum absolute atomic E-state index is 13.6. The van der Waals surface area contributed by atoms with Crippen LogP contribution in [0.4, 0.5) is 0 Å². The third-order valence-corrected chi connectivity index (χ3v) is 5.72. The Balaban J connectivity index is 1.84. The first-order chi connectivity index (χ1) is 15.8. The summed E-state index contributed by atoms with van der Waals surface area (Å²) in [5.41, 5.74) is 2.09. The Hall–Kier alpha value is -3.32. The van der Waals surface area contributed by atoms with Crippen molar-refractivity contribution in [3.8, 4) is 11.5 Å². The lowest BCUT2D eigenvalue weighted by Crippen LogP contribution is -2.31. The van der Waals surface area contributed by atoms with Gasteiger partial charge in [-0.3, -0.25) is 9.59 Å². The number of fused-ring (bicyclic) bond motifs is 2. The second kappa shape index (κ2) is 9.27. The fourth-order valence-electron chi connectivity index (χ4n) is 4.24. The average molecular weight is 452 g/mol. The first-order valence-corrected chi connectivity index (χ1v) is 11.3. The van der Waals surface area contributed by atoms with E-state index in [0.29, 0.717) is 54.0 Å². The Kier molecular flexibility index (Phi) is 6.42. The van der Waals surface area contributed by atoms with E-state index in [0.717, 1.165) is 5.56 Å². The molecule has 2 heterocycles. The molecule has 0 saturated carbocycles. The molecular formula is C26H29NO6. The largest absolute Gasteiger partial charge is 0.504 e. The van der Waals surface area contributed by atoms with Crippen molar-refractivity contribution in [2.24, 2.45) is 0 Å². The fourth-order valence-corrected chi connectivity index (χ4v) is 4.24. The molecule has 0 fully saturated rings. The number of hydrogen-bond acceptors (Lipinski definition) is 6. The highest BCUT2D eigenvalue weighted by molar-refractivity contribution is 5.99. The van der Waals surface area contributed by atoms with Crippen LogP contribution in [-0.4, -0.2) is 41.8 Å². The quantitative estimate of drug-likeness (QED) is 0.505. The molecule has 1 aliphatic heterocycles. The lowest BCUT2D eigenvalue weighted by atomic mass is 9.97. The van der Waals surface area contributed by atoms with E-state index in [1.54, 1.807) is 29.2 Å². The fraction of sp³-hybridized carbons (Fsp3) is 0.385. The number of phenols is 1. The molecule has 0 radical (unpaired) electrons. The maximum atomic E-state index is 13.6. The summed E-state index contributed by atoms with van der Waals surface area (Å²) in [5.74, 6) is 0.0468. The van der Waals surface area contributed by atoms with Gasteiger partial charge in [-0.1, -0.05) is 17.7 Å². The van der Waals surface area contributed by atoms with Gasteiger partial charge in [0.25, 0.3) is 5.91 Å². The molecule has 7 nitrogen and oxygen atoms in total. The Bertz CT molecular complexity index is 1250. The van der Waals surface area contributed by atoms with Crippen molar-refractivity contribution in [3.63, 3.8) is 0 Å². The van der Waals surface area contributed by atoms with Crippen molar-refractivity contribution >= 4 is 16.9 Å². The molecule has 4 rings (SSSR count). The number of ether oxygens (including phenoxy) is 2. The highest BCUT2D eigenvalue weighted by atomic mass is 16.5. The molecule has 0 aliphatic carbocycles. The van der Waals surface area contributed by atoms with Crippen LogP contribution in [0.15, 0.2) is 45.6 Å². The summed E-state index contributed by atoms with van der Waals surface area (Å²) in [6, 6.07) is 9.63. The van der Waals surface area contributed by atoms with E-state index in [9.17, 15) is 14.7 Å². The second-order valence-corrected chi connectivity index (χ2v) is 8.51. The van der Waals surface area contributed by atoms with Gasteiger partial charge in [-0.2, -0.15) is 0 Å². The van der Waals surface area contributed by atoms with Crippen LogP contribution in [0.1, 0.15) is 60.5 Å². The Morgan fingerprint density at radius 3 is 2.67 bits per heavy atom. The third kappa shape index (κ3) is 4.33. The molecule has 33 heavy (non-hydrogen) atoms. The highest BCUT2D eigenvalue weighted by Crippen LogP contribution is 2.40. The molecule has 174 valence electrons. The Labute approximate surface area is 192 Å². The number of aromatic hydroxyl groups is 1. The molecule has 1 N–H and O–H groups in total. The highest BCUT2D eigenvalue weighted by Gasteiger charge is 2.42. The molecule has 1 aliphatic rings. The van der Waals surface area contributed by atoms with Gasteiger partial charge in [-0.15, -0.1) is 0 Å². The number of nitrogens with zero attached hydrogens (tertiary/aromatic N) is 1. The van der Waals surface area contributed by atoms with Crippen LogP contribution in [0.5, 0.6) is 11.5 Å². The van der Waals surface area contributed by atoms with Gasteiger partial charge >= 0.3 is 0 Å². The molecule has 1 amide bonds. The van der Waals surface area contributed by atoms with Crippen molar-refractivity contribution in [1.29, 1.82) is 0 Å². The van der Waals surface area contributed by atoms with E-state index in [4.69, 9.17) is 13.9 Å². The van der Waals surface area contributed by atoms with Crippen LogP contribution in [-0.2, 0) is 4.74 Å². The molecule has 1 aromatic heterocycles. The molecule has 0 bridgehead atoms. The topological polar surface area (TPSA) is 89.2 Å². The monoisotopic (exact) mass is 451 g/mol. The number of carbonyl (C=O) groups is 1. The number of rotatable bonds is 8. The van der Waals surface area contributed by atoms with Crippen LogP contribution >= 0.6 is 0 Å². The lowest BCUT2D eigenvalue weighted by molar-refractivity contribution is 0.0593. The zero-order valence-corrected chi connectivity index (χ0v) is 19.4. The molecule has 7 heteroatoms. The van der Waals surface area contributed by atoms with Gasteiger partial charge < -0.3 is 23.9 Å². The minimum absolute atomic E-state index is 0.00296. The van der Waals surface area contributed by atoms with Crippen molar-refractivity contribution in [2.75, 3.05) is 19.8 Å². The average Bonchev–Trinajstić information content (AvgIpc) is 3.05. The predicted octanol–water partition coefficient (Wildman–Crippen LogP) is 4.57. The predicted molar refractivity (Wildman–Crippen MR) is 125 cm³/mol. The maximum Gasteiger partial charge on any atom is 0.290 e. The van der Waals surface area contributed by atoms with E-state index in [-0.39, 0.29) is 28.9 Å². The van der Waals surface area contributed by atoms with Crippen LogP contribution in [0, 0.1) is 6.92 Å². The van der Waals surface area contributed by atoms with Gasteiger partial charge in [0.1, 0.15) is 5.58 Å².